The van der Waals surface area contributed by atoms with Crippen molar-refractivity contribution in [3.8, 4) is 0 Å². The molecule has 0 radical (unpaired) electrons. The van der Waals surface area contributed by atoms with E-state index in [1.54, 1.807) is 6.07 Å². The highest BCUT2D eigenvalue weighted by atomic mass is 35.5. The number of aromatic nitrogens is 2. The monoisotopic (exact) mass is 243 g/mol. The maximum Gasteiger partial charge on any atom is 0.223 e. The average molecular weight is 244 g/mol. The Morgan fingerprint density at radius 1 is 1.38 bits per heavy atom. The largest absolute Gasteiger partial charge is 0.369 e. The van der Waals surface area contributed by atoms with E-state index in [1.807, 2.05) is 0 Å². The summed E-state index contributed by atoms with van der Waals surface area (Å²) >= 11 is 5.76. The molecule has 0 amide bonds. The van der Waals surface area contributed by atoms with Gasteiger partial charge in [-0.3, -0.25) is 0 Å². The van der Waals surface area contributed by atoms with Crippen molar-refractivity contribution in [3.63, 3.8) is 0 Å². The fourth-order valence-corrected chi connectivity index (χ4v) is 1.60. The summed E-state index contributed by atoms with van der Waals surface area (Å²) in [5, 5.41) is 3.53. The lowest BCUT2D eigenvalue weighted by molar-refractivity contribution is 0.316. The van der Waals surface area contributed by atoms with Crippen molar-refractivity contribution >= 4 is 23.4 Å². The van der Waals surface area contributed by atoms with E-state index < -0.39 is 0 Å². The lowest BCUT2D eigenvalue weighted by atomic mass is 10.4. The zero-order valence-corrected chi connectivity index (χ0v) is 10.5. The molecule has 1 heterocycles. The number of likely N-dealkylation sites (N-methyl/N-ethyl adjacent to an activating group) is 1. The van der Waals surface area contributed by atoms with Gasteiger partial charge in [-0.2, -0.15) is 4.98 Å². The smallest absolute Gasteiger partial charge is 0.223 e. The second kappa shape index (κ2) is 6.50. The summed E-state index contributed by atoms with van der Waals surface area (Å²) in [5.41, 5.74) is 5.49. The molecule has 0 fully saturated rings. The minimum absolute atomic E-state index is 0.192. The Kier molecular flexibility index (Phi) is 5.28. The van der Waals surface area contributed by atoms with Gasteiger partial charge in [-0.05, 0) is 13.1 Å². The van der Waals surface area contributed by atoms with Gasteiger partial charge in [-0.25, -0.2) is 4.98 Å². The van der Waals surface area contributed by atoms with Crippen molar-refractivity contribution in [3.05, 3.63) is 11.2 Å². The molecule has 0 aliphatic heterocycles. The van der Waals surface area contributed by atoms with Crippen LogP contribution in [-0.2, 0) is 0 Å². The van der Waals surface area contributed by atoms with Gasteiger partial charge in [-0.15, -0.1) is 0 Å². The average Bonchev–Trinajstić information content (AvgIpc) is 2.23. The molecule has 0 spiro atoms. The van der Waals surface area contributed by atoms with Crippen molar-refractivity contribution in [2.45, 2.75) is 13.8 Å². The summed E-state index contributed by atoms with van der Waals surface area (Å²) < 4.78 is 0. The Labute approximate surface area is 101 Å². The van der Waals surface area contributed by atoms with E-state index in [-0.39, 0.29) is 5.95 Å². The highest BCUT2D eigenvalue weighted by Gasteiger charge is 2.01. The first kappa shape index (κ1) is 13.0. The fraction of sp³-hybridized carbons (Fsp3) is 0.600. The van der Waals surface area contributed by atoms with E-state index in [2.05, 4.69) is 34.0 Å². The first-order chi connectivity index (χ1) is 7.65. The number of rotatable bonds is 6. The van der Waals surface area contributed by atoms with Gasteiger partial charge >= 0.3 is 0 Å². The van der Waals surface area contributed by atoms with Crippen LogP contribution in [0.2, 0.25) is 5.15 Å². The van der Waals surface area contributed by atoms with Crippen LogP contribution in [0.25, 0.3) is 0 Å². The van der Waals surface area contributed by atoms with Gasteiger partial charge in [0.1, 0.15) is 11.0 Å². The Hall–Kier alpha value is -1.07. The Balaban J connectivity index is 2.42. The minimum Gasteiger partial charge on any atom is -0.369 e. The van der Waals surface area contributed by atoms with Crippen LogP contribution in [0.1, 0.15) is 13.8 Å². The number of halogens is 1. The number of nitrogen functional groups attached to an aromatic ring is 1. The molecule has 6 heteroatoms. The SMILES string of the molecule is CCN(CC)CCNc1cc(Cl)nc(N)n1. The van der Waals surface area contributed by atoms with Crippen molar-refractivity contribution in [2.24, 2.45) is 0 Å². The van der Waals surface area contributed by atoms with Crippen LogP contribution < -0.4 is 11.1 Å². The van der Waals surface area contributed by atoms with Crippen LogP contribution in [0, 0.1) is 0 Å². The molecule has 1 aromatic rings. The quantitative estimate of drug-likeness (QED) is 0.741. The van der Waals surface area contributed by atoms with Gasteiger partial charge in [0.2, 0.25) is 5.95 Å². The third-order valence-electron chi connectivity index (χ3n) is 2.34. The van der Waals surface area contributed by atoms with Crippen molar-refractivity contribution in [1.82, 2.24) is 14.9 Å². The minimum atomic E-state index is 0.192. The maximum absolute atomic E-state index is 5.76. The predicted octanol–water partition coefficient (Wildman–Crippen LogP) is 1.47. The zero-order chi connectivity index (χ0) is 12.0. The molecule has 0 aliphatic rings. The van der Waals surface area contributed by atoms with E-state index in [9.17, 15) is 0 Å². The number of hydrogen-bond acceptors (Lipinski definition) is 5. The van der Waals surface area contributed by atoms with E-state index in [4.69, 9.17) is 17.3 Å². The molecule has 1 aromatic heterocycles. The molecule has 5 nitrogen and oxygen atoms in total. The van der Waals surface area contributed by atoms with Gasteiger partial charge in [0.15, 0.2) is 0 Å². The van der Waals surface area contributed by atoms with Crippen molar-refractivity contribution in [2.75, 3.05) is 37.2 Å². The molecule has 0 unspecified atom stereocenters. The molecule has 0 saturated carbocycles. The van der Waals surface area contributed by atoms with E-state index in [0.717, 1.165) is 26.2 Å². The van der Waals surface area contributed by atoms with Crippen molar-refractivity contribution in [1.29, 1.82) is 0 Å². The first-order valence-electron chi connectivity index (χ1n) is 5.42. The summed E-state index contributed by atoms with van der Waals surface area (Å²) in [6.07, 6.45) is 0. The number of anilines is 2. The van der Waals surface area contributed by atoms with Gasteiger partial charge in [-0.1, -0.05) is 25.4 Å². The third kappa shape index (κ3) is 4.20. The number of nitrogens with zero attached hydrogens (tertiary/aromatic N) is 3. The summed E-state index contributed by atoms with van der Waals surface area (Å²) in [7, 11) is 0. The van der Waals surface area contributed by atoms with Crippen LogP contribution >= 0.6 is 11.6 Å². The Bertz CT molecular complexity index is 307. The third-order valence-corrected chi connectivity index (χ3v) is 2.53. The summed E-state index contributed by atoms with van der Waals surface area (Å²) in [5.74, 6) is 0.863. The molecule has 3 N–H and O–H groups in total. The van der Waals surface area contributed by atoms with E-state index >= 15 is 0 Å². The van der Waals surface area contributed by atoms with Gasteiger partial charge < -0.3 is 16.0 Å². The van der Waals surface area contributed by atoms with Crippen molar-refractivity contribution < 1.29 is 0 Å². The van der Waals surface area contributed by atoms with E-state index in [1.165, 1.54) is 0 Å². The van der Waals surface area contributed by atoms with Crippen LogP contribution in [-0.4, -0.2) is 41.0 Å². The predicted molar refractivity (Wildman–Crippen MR) is 67.7 cm³/mol. The zero-order valence-electron chi connectivity index (χ0n) is 9.70. The maximum atomic E-state index is 5.76. The molecule has 0 saturated heterocycles. The standard InChI is InChI=1S/C10H18ClN5/c1-3-16(4-2)6-5-13-9-7-8(11)14-10(12)15-9/h7H,3-6H2,1-2H3,(H3,12,13,14,15). The normalized spacial score (nSPS) is 10.8. The number of hydrogen-bond donors (Lipinski definition) is 2. The summed E-state index contributed by atoms with van der Waals surface area (Å²) in [6, 6.07) is 1.67. The van der Waals surface area contributed by atoms with Crippen LogP contribution in [0.15, 0.2) is 6.07 Å². The number of nitrogens with one attached hydrogen (secondary N) is 1. The molecule has 0 aliphatic carbocycles. The molecule has 90 valence electrons. The second-order valence-electron chi connectivity index (χ2n) is 3.39. The molecular formula is C10H18ClN5. The second-order valence-corrected chi connectivity index (χ2v) is 3.78. The molecule has 0 aromatic carbocycles. The first-order valence-corrected chi connectivity index (χ1v) is 5.79. The van der Waals surface area contributed by atoms with Gasteiger partial charge in [0.25, 0.3) is 0 Å². The lowest BCUT2D eigenvalue weighted by Gasteiger charge is -2.18. The Morgan fingerprint density at radius 2 is 2.06 bits per heavy atom. The highest BCUT2D eigenvalue weighted by Crippen LogP contribution is 2.11. The summed E-state index contributed by atoms with van der Waals surface area (Å²) in [6.45, 7) is 8.16. The van der Waals surface area contributed by atoms with Crippen LogP contribution in [0.3, 0.4) is 0 Å². The fourth-order valence-electron chi connectivity index (χ4n) is 1.41. The van der Waals surface area contributed by atoms with Crippen LogP contribution in [0.4, 0.5) is 11.8 Å². The molecular weight excluding hydrogens is 226 g/mol. The molecule has 0 bridgehead atoms. The lowest BCUT2D eigenvalue weighted by Crippen LogP contribution is -2.28. The molecule has 0 atom stereocenters. The number of nitrogens with two attached hydrogens (primary N) is 1. The van der Waals surface area contributed by atoms with Gasteiger partial charge in [0.05, 0.1) is 0 Å². The Morgan fingerprint density at radius 3 is 2.62 bits per heavy atom. The van der Waals surface area contributed by atoms with E-state index in [0.29, 0.717) is 11.0 Å². The molecule has 1 rings (SSSR count). The van der Waals surface area contributed by atoms with Gasteiger partial charge in [0, 0.05) is 19.2 Å². The molecule has 16 heavy (non-hydrogen) atoms. The topological polar surface area (TPSA) is 67.1 Å². The van der Waals surface area contributed by atoms with Crippen LogP contribution in [0.5, 0.6) is 0 Å². The highest BCUT2D eigenvalue weighted by molar-refractivity contribution is 6.29. The summed E-state index contributed by atoms with van der Waals surface area (Å²) in [4.78, 5) is 10.1.